The Morgan fingerprint density at radius 1 is 1.44 bits per heavy atom. The lowest BCUT2D eigenvalue weighted by Crippen LogP contribution is -2.04. The van der Waals surface area contributed by atoms with Gasteiger partial charge in [0, 0.05) is 9.13 Å². The second kappa shape index (κ2) is 4.55. The molecule has 4 heteroatoms. The Bertz CT molecular complexity index is 505. The van der Waals surface area contributed by atoms with Gasteiger partial charge in [-0.1, -0.05) is 18.2 Å². The monoisotopic (exact) mass is 328 g/mol. The number of hydrogen-bond donors (Lipinski definition) is 1. The van der Waals surface area contributed by atoms with E-state index >= 15 is 0 Å². The molecule has 0 saturated heterocycles. The van der Waals surface area contributed by atoms with E-state index in [0.29, 0.717) is 5.89 Å². The van der Waals surface area contributed by atoms with E-state index in [9.17, 15) is 0 Å². The first-order chi connectivity index (χ1) is 7.59. The maximum atomic E-state index is 5.71. The van der Waals surface area contributed by atoms with Crippen molar-refractivity contribution in [3.05, 3.63) is 39.4 Å². The zero-order valence-electron chi connectivity index (χ0n) is 9.20. The molecule has 0 spiro atoms. The fraction of sp³-hybridized carbons (Fsp3) is 0.250. The smallest absolute Gasteiger partial charge is 0.211 e. The normalized spacial score (nSPS) is 12.8. The van der Waals surface area contributed by atoms with Crippen LogP contribution >= 0.6 is 22.6 Å². The highest BCUT2D eigenvalue weighted by molar-refractivity contribution is 14.1. The Balaban J connectivity index is 2.47. The molecule has 16 heavy (non-hydrogen) atoms. The van der Waals surface area contributed by atoms with Gasteiger partial charge in [-0.2, -0.15) is 0 Å². The largest absolute Gasteiger partial charge is 0.439 e. The topological polar surface area (TPSA) is 52.0 Å². The number of rotatable bonds is 2. The Labute approximate surface area is 108 Å². The maximum absolute atomic E-state index is 5.71. The first-order valence-electron chi connectivity index (χ1n) is 5.06. The van der Waals surface area contributed by atoms with Crippen molar-refractivity contribution in [3.63, 3.8) is 0 Å². The molecule has 1 unspecified atom stereocenters. The number of hydrogen-bond acceptors (Lipinski definition) is 3. The molecule has 2 rings (SSSR count). The Hall–Kier alpha value is -0.880. The summed E-state index contributed by atoms with van der Waals surface area (Å²) in [4.78, 5) is 4.17. The van der Waals surface area contributed by atoms with Crippen LogP contribution in [0, 0.1) is 10.5 Å². The van der Waals surface area contributed by atoms with Crippen LogP contribution in [0.4, 0.5) is 0 Å². The van der Waals surface area contributed by atoms with Gasteiger partial charge in [0.25, 0.3) is 0 Å². The molecule has 0 aliphatic carbocycles. The number of halogens is 1. The molecule has 1 atom stereocenters. The molecule has 3 nitrogen and oxygen atoms in total. The van der Waals surface area contributed by atoms with Crippen molar-refractivity contribution in [2.45, 2.75) is 19.9 Å². The van der Waals surface area contributed by atoms with Gasteiger partial charge in [-0.15, -0.1) is 0 Å². The number of nitrogens with zero attached hydrogens (tertiary/aromatic N) is 1. The van der Waals surface area contributed by atoms with E-state index in [2.05, 4.69) is 40.6 Å². The van der Waals surface area contributed by atoms with Gasteiger partial charge in [-0.05, 0) is 42.0 Å². The Morgan fingerprint density at radius 3 is 2.81 bits per heavy atom. The zero-order valence-corrected chi connectivity index (χ0v) is 11.4. The lowest BCUT2D eigenvalue weighted by atomic mass is 10.1. The van der Waals surface area contributed by atoms with Crippen LogP contribution in [0.3, 0.4) is 0 Å². The minimum atomic E-state index is -0.170. The Kier molecular flexibility index (Phi) is 3.30. The molecule has 84 valence electrons. The van der Waals surface area contributed by atoms with Crippen LogP contribution < -0.4 is 5.73 Å². The maximum Gasteiger partial charge on any atom is 0.211 e. The van der Waals surface area contributed by atoms with Crippen LogP contribution in [0.1, 0.15) is 24.4 Å². The van der Waals surface area contributed by atoms with E-state index in [4.69, 9.17) is 10.2 Å². The predicted octanol–water partition coefficient (Wildman–Crippen LogP) is 3.27. The van der Waals surface area contributed by atoms with Crippen molar-refractivity contribution in [1.82, 2.24) is 4.98 Å². The summed E-state index contributed by atoms with van der Waals surface area (Å²) in [7, 11) is 0. The van der Waals surface area contributed by atoms with Crippen LogP contribution in [-0.4, -0.2) is 4.98 Å². The summed E-state index contributed by atoms with van der Waals surface area (Å²) in [5, 5.41) is 0. The molecular formula is C12H13IN2O. The molecule has 1 aromatic heterocycles. The third-order valence-corrected chi connectivity index (χ3v) is 3.80. The SMILES string of the molecule is Cc1cccc(-c2cnc(C(C)N)o2)c1I. The third kappa shape index (κ3) is 2.12. The minimum absolute atomic E-state index is 0.170. The number of benzene rings is 1. The van der Waals surface area contributed by atoms with Crippen molar-refractivity contribution in [2.75, 3.05) is 0 Å². The number of oxazole rings is 1. The number of nitrogens with two attached hydrogens (primary N) is 1. The molecule has 0 amide bonds. The molecule has 0 radical (unpaired) electrons. The highest BCUT2D eigenvalue weighted by Crippen LogP contribution is 2.28. The van der Waals surface area contributed by atoms with E-state index in [0.717, 1.165) is 11.3 Å². The van der Waals surface area contributed by atoms with E-state index in [1.807, 2.05) is 19.1 Å². The van der Waals surface area contributed by atoms with Crippen LogP contribution in [-0.2, 0) is 0 Å². The second-order valence-corrected chi connectivity index (χ2v) is 4.87. The first-order valence-corrected chi connectivity index (χ1v) is 6.14. The molecule has 2 aromatic rings. The van der Waals surface area contributed by atoms with E-state index < -0.39 is 0 Å². The summed E-state index contributed by atoms with van der Waals surface area (Å²) in [6.07, 6.45) is 1.73. The first kappa shape index (κ1) is 11.6. The lowest BCUT2D eigenvalue weighted by Gasteiger charge is -2.03. The summed E-state index contributed by atoms with van der Waals surface area (Å²) in [6, 6.07) is 5.95. The molecular weight excluding hydrogens is 315 g/mol. The van der Waals surface area contributed by atoms with Crippen LogP contribution in [0.5, 0.6) is 0 Å². The zero-order chi connectivity index (χ0) is 11.7. The van der Waals surface area contributed by atoms with Gasteiger partial charge in [0.15, 0.2) is 5.76 Å². The van der Waals surface area contributed by atoms with Gasteiger partial charge < -0.3 is 10.2 Å². The quantitative estimate of drug-likeness (QED) is 0.861. The molecule has 0 bridgehead atoms. The highest BCUT2D eigenvalue weighted by atomic mass is 127. The molecule has 0 fully saturated rings. The third-order valence-electron chi connectivity index (χ3n) is 2.37. The fourth-order valence-corrected chi connectivity index (χ4v) is 2.09. The van der Waals surface area contributed by atoms with Crippen LogP contribution in [0.15, 0.2) is 28.8 Å². The fourth-order valence-electron chi connectivity index (χ4n) is 1.46. The Morgan fingerprint density at radius 2 is 2.19 bits per heavy atom. The van der Waals surface area contributed by atoms with Crippen LogP contribution in [0.2, 0.25) is 0 Å². The molecule has 1 heterocycles. The van der Waals surface area contributed by atoms with Crippen molar-refractivity contribution >= 4 is 22.6 Å². The lowest BCUT2D eigenvalue weighted by molar-refractivity contribution is 0.473. The van der Waals surface area contributed by atoms with Gasteiger partial charge in [0.2, 0.25) is 5.89 Å². The van der Waals surface area contributed by atoms with Gasteiger partial charge in [0.1, 0.15) is 0 Å². The number of aryl methyl sites for hydroxylation is 1. The van der Waals surface area contributed by atoms with Gasteiger partial charge >= 0.3 is 0 Å². The van der Waals surface area contributed by atoms with Crippen molar-refractivity contribution < 1.29 is 4.42 Å². The van der Waals surface area contributed by atoms with E-state index in [-0.39, 0.29) is 6.04 Å². The van der Waals surface area contributed by atoms with Gasteiger partial charge in [0.05, 0.1) is 12.2 Å². The molecule has 0 aliphatic rings. The summed E-state index contributed by atoms with van der Waals surface area (Å²) in [6.45, 7) is 3.94. The van der Waals surface area contributed by atoms with Gasteiger partial charge in [-0.25, -0.2) is 4.98 Å². The average Bonchev–Trinajstić information content (AvgIpc) is 2.71. The van der Waals surface area contributed by atoms with Crippen molar-refractivity contribution in [1.29, 1.82) is 0 Å². The average molecular weight is 328 g/mol. The second-order valence-electron chi connectivity index (χ2n) is 3.79. The minimum Gasteiger partial charge on any atom is -0.439 e. The van der Waals surface area contributed by atoms with Crippen molar-refractivity contribution in [3.8, 4) is 11.3 Å². The van der Waals surface area contributed by atoms with Gasteiger partial charge in [-0.3, -0.25) is 0 Å². The molecule has 2 N–H and O–H groups in total. The molecule has 0 saturated carbocycles. The van der Waals surface area contributed by atoms with Crippen molar-refractivity contribution in [2.24, 2.45) is 5.73 Å². The summed E-state index contributed by atoms with van der Waals surface area (Å²) in [5.74, 6) is 1.35. The number of aromatic nitrogens is 1. The predicted molar refractivity (Wildman–Crippen MR) is 72.0 cm³/mol. The van der Waals surface area contributed by atoms with E-state index in [1.165, 1.54) is 9.13 Å². The molecule has 1 aromatic carbocycles. The van der Waals surface area contributed by atoms with E-state index in [1.54, 1.807) is 6.20 Å². The standard InChI is InChI=1S/C12H13IN2O/c1-7-4-3-5-9(11(7)13)10-6-15-12(16-10)8(2)14/h3-6,8H,14H2,1-2H3. The summed E-state index contributed by atoms with van der Waals surface area (Å²) < 4.78 is 6.81. The molecule has 0 aliphatic heterocycles. The summed E-state index contributed by atoms with van der Waals surface area (Å²) in [5.41, 5.74) is 8.02. The van der Waals surface area contributed by atoms with Crippen LogP contribution in [0.25, 0.3) is 11.3 Å². The highest BCUT2D eigenvalue weighted by Gasteiger charge is 2.12. The summed E-state index contributed by atoms with van der Waals surface area (Å²) >= 11 is 2.32.